The Morgan fingerprint density at radius 2 is 1.60 bits per heavy atom. The van der Waals surface area contributed by atoms with Crippen LogP contribution in [0.3, 0.4) is 0 Å². The molecule has 3 heterocycles. The van der Waals surface area contributed by atoms with E-state index in [2.05, 4.69) is 10.6 Å². The summed E-state index contributed by atoms with van der Waals surface area (Å²) in [7, 11) is 0. The third kappa shape index (κ3) is 4.90. The van der Waals surface area contributed by atoms with Crippen molar-refractivity contribution in [3.63, 3.8) is 0 Å². The number of furan rings is 2. The molecule has 1 aliphatic rings. The first-order valence-electron chi connectivity index (χ1n) is 10.7. The largest absolute Gasteiger partial charge is 0.467 e. The van der Waals surface area contributed by atoms with Crippen molar-refractivity contribution in [2.24, 2.45) is 0 Å². The molecule has 0 atom stereocenters. The maximum Gasteiger partial charge on any atom is 0.291 e. The van der Waals surface area contributed by atoms with Gasteiger partial charge in [-0.25, -0.2) is 0 Å². The highest BCUT2D eigenvalue weighted by atomic mass is 32.2. The standard InChI is InChI=1S/C26H19N3O5S/c30-24(21-12-6-14-34-21)28-18-9-4-11-20(15-18)35-23-22(27-17-7-2-1-3-8-17)25(31)29(26(23)32)16-19-10-5-13-33-19/h1-15,27H,16H2,(H,28,30). The van der Waals surface area contributed by atoms with Crippen LogP contribution in [0, 0.1) is 0 Å². The predicted molar refractivity (Wildman–Crippen MR) is 130 cm³/mol. The Hall–Kier alpha value is -4.50. The van der Waals surface area contributed by atoms with Crippen LogP contribution in [-0.2, 0) is 16.1 Å². The predicted octanol–water partition coefficient (Wildman–Crippen LogP) is 5.11. The highest BCUT2D eigenvalue weighted by Gasteiger charge is 2.39. The van der Waals surface area contributed by atoms with E-state index in [9.17, 15) is 14.4 Å². The molecule has 0 saturated heterocycles. The lowest BCUT2D eigenvalue weighted by Gasteiger charge is -2.13. The highest BCUT2D eigenvalue weighted by Crippen LogP contribution is 2.37. The van der Waals surface area contributed by atoms with Crippen molar-refractivity contribution in [1.82, 2.24) is 4.90 Å². The van der Waals surface area contributed by atoms with Crippen molar-refractivity contribution in [2.75, 3.05) is 10.6 Å². The van der Waals surface area contributed by atoms with E-state index in [4.69, 9.17) is 8.83 Å². The van der Waals surface area contributed by atoms with Gasteiger partial charge in [-0.2, -0.15) is 0 Å². The van der Waals surface area contributed by atoms with Crippen LogP contribution in [0.4, 0.5) is 11.4 Å². The molecular weight excluding hydrogens is 466 g/mol. The molecular formula is C26H19N3O5S. The van der Waals surface area contributed by atoms with Crippen LogP contribution in [0.2, 0.25) is 0 Å². The SMILES string of the molecule is O=C(Nc1cccc(SC2=C(Nc3ccccc3)C(=O)N(Cc3ccco3)C2=O)c1)c1ccco1. The Morgan fingerprint density at radius 1 is 0.829 bits per heavy atom. The number of anilines is 2. The van der Waals surface area contributed by atoms with Crippen LogP contribution in [0.5, 0.6) is 0 Å². The van der Waals surface area contributed by atoms with E-state index in [1.165, 1.54) is 12.5 Å². The van der Waals surface area contributed by atoms with Gasteiger partial charge in [0.1, 0.15) is 16.4 Å². The minimum atomic E-state index is -0.444. The molecule has 8 nitrogen and oxygen atoms in total. The summed E-state index contributed by atoms with van der Waals surface area (Å²) in [5.41, 5.74) is 1.39. The van der Waals surface area contributed by atoms with Crippen molar-refractivity contribution in [3.8, 4) is 0 Å². The van der Waals surface area contributed by atoms with Crippen LogP contribution in [-0.4, -0.2) is 22.6 Å². The fourth-order valence-electron chi connectivity index (χ4n) is 3.48. The first-order chi connectivity index (χ1) is 17.1. The zero-order valence-electron chi connectivity index (χ0n) is 18.3. The molecule has 174 valence electrons. The first-order valence-corrected chi connectivity index (χ1v) is 11.5. The molecule has 5 rings (SSSR count). The Bertz CT molecular complexity index is 1400. The minimum Gasteiger partial charge on any atom is -0.467 e. The zero-order valence-corrected chi connectivity index (χ0v) is 19.1. The van der Waals surface area contributed by atoms with Gasteiger partial charge >= 0.3 is 0 Å². The van der Waals surface area contributed by atoms with Gasteiger partial charge in [-0.3, -0.25) is 19.3 Å². The molecule has 2 N–H and O–H groups in total. The smallest absolute Gasteiger partial charge is 0.291 e. The molecule has 9 heteroatoms. The topological polar surface area (TPSA) is 105 Å². The van der Waals surface area contributed by atoms with E-state index in [1.54, 1.807) is 48.5 Å². The third-order valence-corrected chi connectivity index (χ3v) is 6.19. The van der Waals surface area contributed by atoms with E-state index < -0.39 is 11.8 Å². The Balaban J connectivity index is 1.42. The lowest BCUT2D eigenvalue weighted by molar-refractivity contribution is -0.138. The third-order valence-electron chi connectivity index (χ3n) is 5.12. The molecule has 2 aromatic heterocycles. The van der Waals surface area contributed by atoms with Crippen molar-refractivity contribution >= 4 is 40.9 Å². The van der Waals surface area contributed by atoms with Gasteiger partial charge in [-0.05, 0) is 54.6 Å². The lowest BCUT2D eigenvalue weighted by atomic mass is 10.3. The summed E-state index contributed by atoms with van der Waals surface area (Å²) in [6.45, 7) is 0.0218. The number of amides is 3. The summed E-state index contributed by atoms with van der Waals surface area (Å²) >= 11 is 1.15. The van der Waals surface area contributed by atoms with Crippen molar-refractivity contribution in [2.45, 2.75) is 11.4 Å². The summed E-state index contributed by atoms with van der Waals surface area (Å²) in [5.74, 6) is -0.579. The van der Waals surface area contributed by atoms with Crippen LogP contribution < -0.4 is 10.6 Å². The van der Waals surface area contributed by atoms with E-state index in [1.807, 2.05) is 30.3 Å². The van der Waals surface area contributed by atoms with Crippen LogP contribution in [0.15, 0.2) is 116 Å². The number of nitrogens with one attached hydrogen (secondary N) is 2. The number of para-hydroxylation sites is 1. The maximum absolute atomic E-state index is 13.3. The second-order valence-corrected chi connectivity index (χ2v) is 8.62. The average Bonchev–Trinajstić information content (AvgIpc) is 3.62. The molecule has 0 radical (unpaired) electrons. The Kier molecular flexibility index (Phi) is 6.23. The van der Waals surface area contributed by atoms with Crippen molar-refractivity contribution in [1.29, 1.82) is 0 Å². The summed E-state index contributed by atoms with van der Waals surface area (Å²) < 4.78 is 10.5. The maximum atomic E-state index is 13.3. The van der Waals surface area contributed by atoms with Crippen LogP contribution in [0.25, 0.3) is 0 Å². The zero-order chi connectivity index (χ0) is 24.2. The van der Waals surface area contributed by atoms with Crippen molar-refractivity contribution < 1.29 is 23.2 Å². The van der Waals surface area contributed by atoms with Gasteiger partial charge in [0.05, 0.1) is 19.1 Å². The number of thioether (sulfide) groups is 1. The van der Waals surface area contributed by atoms with Gasteiger partial charge in [0.15, 0.2) is 5.76 Å². The molecule has 0 aliphatic carbocycles. The van der Waals surface area contributed by atoms with E-state index in [-0.39, 0.29) is 28.8 Å². The summed E-state index contributed by atoms with van der Waals surface area (Å²) in [6, 6.07) is 22.8. The number of benzene rings is 2. The second-order valence-electron chi connectivity index (χ2n) is 7.53. The number of hydrogen-bond donors (Lipinski definition) is 2. The highest BCUT2D eigenvalue weighted by molar-refractivity contribution is 8.04. The monoisotopic (exact) mass is 485 g/mol. The van der Waals surface area contributed by atoms with Crippen LogP contribution in [0.1, 0.15) is 16.3 Å². The quantitative estimate of drug-likeness (QED) is 0.334. The summed E-state index contributed by atoms with van der Waals surface area (Å²) in [6.07, 6.45) is 2.92. The fourth-order valence-corrected chi connectivity index (χ4v) is 4.49. The van der Waals surface area contributed by atoms with Gasteiger partial charge in [0.2, 0.25) is 0 Å². The number of hydrogen-bond acceptors (Lipinski definition) is 7. The number of carbonyl (C=O) groups excluding carboxylic acids is 3. The number of rotatable bonds is 8. The fraction of sp³-hybridized carbons (Fsp3) is 0.0385. The molecule has 0 bridgehead atoms. The summed E-state index contributed by atoms with van der Waals surface area (Å²) in [4.78, 5) is 41.0. The van der Waals surface area contributed by atoms with Gasteiger partial charge in [-0.1, -0.05) is 36.0 Å². The Labute approximate surface area is 204 Å². The molecule has 2 aromatic carbocycles. The minimum absolute atomic E-state index is 0.0218. The van der Waals surface area contributed by atoms with Gasteiger partial charge in [0, 0.05) is 16.3 Å². The van der Waals surface area contributed by atoms with E-state index in [0.29, 0.717) is 22.0 Å². The van der Waals surface area contributed by atoms with E-state index >= 15 is 0 Å². The van der Waals surface area contributed by atoms with Crippen molar-refractivity contribution in [3.05, 3.63) is 114 Å². The normalized spacial score (nSPS) is 13.4. The molecule has 4 aromatic rings. The number of imide groups is 1. The molecule has 1 aliphatic heterocycles. The molecule has 0 unspecified atom stereocenters. The number of nitrogens with zero attached hydrogens (tertiary/aromatic N) is 1. The van der Waals surface area contributed by atoms with Gasteiger partial charge in [-0.15, -0.1) is 0 Å². The lowest BCUT2D eigenvalue weighted by Crippen LogP contribution is -2.31. The average molecular weight is 486 g/mol. The summed E-state index contributed by atoms with van der Waals surface area (Å²) in [5, 5.41) is 5.87. The molecule has 35 heavy (non-hydrogen) atoms. The Morgan fingerprint density at radius 3 is 2.34 bits per heavy atom. The second kappa shape index (κ2) is 9.78. The van der Waals surface area contributed by atoms with E-state index in [0.717, 1.165) is 16.7 Å². The van der Waals surface area contributed by atoms with Gasteiger partial charge in [0.25, 0.3) is 17.7 Å². The molecule has 3 amide bonds. The molecule has 0 fully saturated rings. The molecule has 0 saturated carbocycles. The number of carbonyl (C=O) groups is 3. The van der Waals surface area contributed by atoms with Gasteiger partial charge < -0.3 is 19.5 Å². The van der Waals surface area contributed by atoms with Crippen LogP contribution >= 0.6 is 11.8 Å². The molecule has 0 spiro atoms. The first kappa shape index (κ1) is 22.3.